The molecule has 1 aliphatic heterocycles. The zero-order valence-electron chi connectivity index (χ0n) is 12.4. The van der Waals surface area contributed by atoms with Gasteiger partial charge in [0.15, 0.2) is 0 Å². The van der Waals surface area contributed by atoms with Crippen molar-refractivity contribution in [3.63, 3.8) is 0 Å². The molecule has 0 bridgehead atoms. The molecule has 1 N–H and O–H groups in total. The quantitative estimate of drug-likeness (QED) is 0.897. The SMILES string of the molecule is CCCNc1cc(CN2CCCCCCC2=O)ccn1. The monoisotopic (exact) mass is 275 g/mol. The minimum Gasteiger partial charge on any atom is -0.370 e. The first-order valence-electron chi connectivity index (χ1n) is 7.76. The van der Waals surface area contributed by atoms with Gasteiger partial charge in [-0.05, 0) is 37.0 Å². The average Bonchev–Trinajstić information content (AvgIpc) is 2.45. The molecule has 0 atom stereocenters. The molecule has 0 saturated carbocycles. The number of carbonyl (C=O) groups is 1. The first kappa shape index (κ1) is 14.8. The number of carbonyl (C=O) groups excluding carboxylic acids is 1. The first-order chi connectivity index (χ1) is 9.79. The number of rotatable bonds is 5. The zero-order valence-corrected chi connectivity index (χ0v) is 12.4. The second-order valence-corrected chi connectivity index (χ2v) is 5.46. The van der Waals surface area contributed by atoms with Crippen LogP contribution in [0.15, 0.2) is 18.3 Å². The number of hydrogen-bond acceptors (Lipinski definition) is 3. The topological polar surface area (TPSA) is 45.2 Å². The smallest absolute Gasteiger partial charge is 0.222 e. The van der Waals surface area contributed by atoms with Crippen LogP contribution in [0.5, 0.6) is 0 Å². The van der Waals surface area contributed by atoms with E-state index in [9.17, 15) is 4.79 Å². The molecule has 1 amide bonds. The van der Waals surface area contributed by atoms with Crippen LogP contribution in [-0.2, 0) is 11.3 Å². The second-order valence-electron chi connectivity index (χ2n) is 5.46. The number of likely N-dealkylation sites (tertiary alicyclic amines) is 1. The van der Waals surface area contributed by atoms with E-state index in [0.29, 0.717) is 18.9 Å². The van der Waals surface area contributed by atoms with Crippen molar-refractivity contribution in [1.29, 1.82) is 0 Å². The van der Waals surface area contributed by atoms with E-state index in [1.807, 2.05) is 17.2 Å². The molecule has 20 heavy (non-hydrogen) atoms. The Labute approximate surface area is 121 Å². The highest BCUT2D eigenvalue weighted by Gasteiger charge is 2.15. The maximum atomic E-state index is 12.1. The highest BCUT2D eigenvalue weighted by molar-refractivity contribution is 5.76. The summed E-state index contributed by atoms with van der Waals surface area (Å²) in [5.41, 5.74) is 1.16. The number of aromatic nitrogens is 1. The third kappa shape index (κ3) is 4.51. The van der Waals surface area contributed by atoms with E-state index in [0.717, 1.165) is 43.7 Å². The summed E-state index contributed by atoms with van der Waals surface area (Å²) in [5, 5.41) is 3.29. The molecule has 1 saturated heterocycles. The lowest BCUT2D eigenvalue weighted by Crippen LogP contribution is -2.32. The van der Waals surface area contributed by atoms with Crippen molar-refractivity contribution in [1.82, 2.24) is 9.88 Å². The van der Waals surface area contributed by atoms with Crippen molar-refractivity contribution in [2.24, 2.45) is 0 Å². The average molecular weight is 275 g/mol. The molecule has 4 heteroatoms. The van der Waals surface area contributed by atoms with E-state index in [4.69, 9.17) is 0 Å². The molecule has 4 nitrogen and oxygen atoms in total. The van der Waals surface area contributed by atoms with Gasteiger partial charge in [0, 0.05) is 32.3 Å². The lowest BCUT2D eigenvalue weighted by atomic mass is 10.1. The van der Waals surface area contributed by atoms with Crippen molar-refractivity contribution >= 4 is 11.7 Å². The van der Waals surface area contributed by atoms with E-state index < -0.39 is 0 Å². The largest absolute Gasteiger partial charge is 0.370 e. The van der Waals surface area contributed by atoms with Gasteiger partial charge in [0.1, 0.15) is 5.82 Å². The van der Waals surface area contributed by atoms with Gasteiger partial charge in [0.2, 0.25) is 5.91 Å². The molecule has 1 aromatic rings. The number of amides is 1. The van der Waals surface area contributed by atoms with Crippen LogP contribution in [0.25, 0.3) is 0 Å². The molecule has 0 aliphatic carbocycles. The molecule has 1 aliphatic rings. The van der Waals surface area contributed by atoms with Crippen molar-refractivity contribution in [2.75, 3.05) is 18.4 Å². The van der Waals surface area contributed by atoms with Gasteiger partial charge in [-0.15, -0.1) is 0 Å². The summed E-state index contributed by atoms with van der Waals surface area (Å²) >= 11 is 0. The molecular weight excluding hydrogens is 250 g/mol. The van der Waals surface area contributed by atoms with Gasteiger partial charge in [0.05, 0.1) is 0 Å². The molecule has 1 aromatic heterocycles. The summed E-state index contributed by atoms with van der Waals surface area (Å²) in [6.45, 7) is 4.66. The summed E-state index contributed by atoms with van der Waals surface area (Å²) in [5.74, 6) is 1.20. The number of nitrogens with zero attached hydrogens (tertiary/aromatic N) is 2. The molecule has 0 unspecified atom stereocenters. The van der Waals surface area contributed by atoms with Crippen LogP contribution in [-0.4, -0.2) is 28.9 Å². The van der Waals surface area contributed by atoms with E-state index in [-0.39, 0.29) is 0 Å². The predicted molar refractivity (Wildman–Crippen MR) is 81.5 cm³/mol. The van der Waals surface area contributed by atoms with Gasteiger partial charge in [-0.25, -0.2) is 4.98 Å². The Balaban J connectivity index is 1.98. The molecule has 1 fully saturated rings. The molecule has 0 radical (unpaired) electrons. The summed E-state index contributed by atoms with van der Waals surface area (Å²) in [4.78, 5) is 18.4. The van der Waals surface area contributed by atoms with Crippen LogP contribution in [0.2, 0.25) is 0 Å². The lowest BCUT2D eigenvalue weighted by Gasteiger charge is -2.25. The van der Waals surface area contributed by atoms with Crippen LogP contribution >= 0.6 is 0 Å². The zero-order chi connectivity index (χ0) is 14.2. The summed E-state index contributed by atoms with van der Waals surface area (Å²) in [6, 6.07) is 4.06. The van der Waals surface area contributed by atoms with Crippen LogP contribution in [0.3, 0.4) is 0 Å². The minimum absolute atomic E-state index is 0.296. The standard InChI is InChI=1S/C16H25N3O/c1-2-9-17-15-12-14(8-10-18-15)13-19-11-6-4-3-5-7-16(19)20/h8,10,12H,2-7,9,11,13H2,1H3,(H,17,18). The fraction of sp³-hybridized carbons (Fsp3) is 0.625. The van der Waals surface area contributed by atoms with Crippen LogP contribution in [0.4, 0.5) is 5.82 Å². The molecular formula is C16H25N3O. The summed E-state index contributed by atoms with van der Waals surface area (Å²) < 4.78 is 0. The molecule has 2 rings (SSSR count). The number of nitrogens with one attached hydrogen (secondary N) is 1. The van der Waals surface area contributed by atoms with Gasteiger partial charge in [-0.2, -0.15) is 0 Å². The molecule has 0 aromatic carbocycles. The number of hydrogen-bond donors (Lipinski definition) is 1. The molecule has 110 valence electrons. The van der Waals surface area contributed by atoms with E-state index in [2.05, 4.69) is 23.3 Å². The predicted octanol–water partition coefficient (Wildman–Crippen LogP) is 3.20. The Morgan fingerprint density at radius 1 is 1.30 bits per heavy atom. The van der Waals surface area contributed by atoms with Crippen molar-refractivity contribution in [3.8, 4) is 0 Å². The molecule has 0 spiro atoms. The fourth-order valence-electron chi connectivity index (χ4n) is 2.53. The third-order valence-corrected chi connectivity index (χ3v) is 3.68. The number of pyridine rings is 1. The first-order valence-corrected chi connectivity index (χ1v) is 7.76. The fourth-order valence-corrected chi connectivity index (χ4v) is 2.53. The maximum Gasteiger partial charge on any atom is 0.222 e. The Kier molecular flexibility index (Phi) is 5.84. The highest BCUT2D eigenvalue weighted by Crippen LogP contribution is 2.15. The van der Waals surface area contributed by atoms with Gasteiger partial charge in [0.25, 0.3) is 0 Å². The Morgan fingerprint density at radius 2 is 2.15 bits per heavy atom. The van der Waals surface area contributed by atoms with Gasteiger partial charge in [-0.3, -0.25) is 4.79 Å². The summed E-state index contributed by atoms with van der Waals surface area (Å²) in [6.07, 6.45) is 8.19. The normalized spacial score (nSPS) is 16.6. The lowest BCUT2D eigenvalue weighted by molar-refractivity contribution is -0.132. The number of anilines is 1. The van der Waals surface area contributed by atoms with Crippen LogP contribution in [0, 0.1) is 0 Å². The van der Waals surface area contributed by atoms with E-state index in [1.165, 1.54) is 12.8 Å². The highest BCUT2D eigenvalue weighted by atomic mass is 16.2. The van der Waals surface area contributed by atoms with Gasteiger partial charge in [-0.1, -0.05) is 19.8 Å². The van der Waals surface area contributed by atoms with Crippen LogP contribution in [0.1, 0.15) is 51.0 Å². The Bertz CT molecular complexity index is 433. The Hall–Kier alpha value is -1.58. The van der Waals surface area contributed by atoms with Crippen molar-refractivity contribution in [3.05, 3.63) is 23.9 Å². The van der Waals surface area contributed by atoms with Crippen molar-refractivity contribution < 1.29 is 4.79 Å². The van der Waals surface area contributed by atoms with E-state index >= 15 is 0 Å². The minimum atomic E-state index is 0.296. The summed E-state index contributed by atoms with van der Waals surface area (Å²) in [7, 11) is 0. The second kappa shape index (κ2) is 7.88. The third-order valence-electron chi connectivity index (χ3n) is 3.68. The van der Waals surface area contributed by atoms with Crippen LogP contribution < -0.4 is 5.32 Å². The van der Waals surface area contributed by atoms with Crippen molar-refractivity contribution in [2.45, 2.75) is 52.0 Å². The van der Waals surface area contributed by atoms with E-state index in [1.54, 1.807) is 0 Å². The molecule has 2 heterocycles. The Morgan fingerprint density at radius 3 is 3.00 bits per heavy atom. The maximum absolute atomic E-state index is 12.1. The van der Waals surface area contributed by atoms with Gasteiger partial charge < -0.3 is 10.2 Å². The van der Waals surface area contributed by atoms with Gasteiger partial charge >= 0.3 is 0 Å².